The van der Waals surface area contributed by atoms with Gasteiger partial charge >= 0.3 is 36.4 Å². The van der Waals surface area contributed by atoms with Crippen molar-refractivity contribution in [1.29, 1.82) is 0 Å². The van der Waals surface area contributed by atoms with Gasteiger partial charge in [-0.05, 0) is 0 Å². The van der Waals surface area contributed by atoms with Crippen LogP contribution in [0.1, 0.15) is 0 Å². The smallest absolute Gasteiger partial charge is 0.388 e. The Kier molecular flexibility index (Phi) is 8.74. The molecule has 0 aliphatic rings. The van der Waals surface area contributed by atoms with Crippen molar-refractivity contribution in [3.05, 3.63) is 0 Å². The average molecular weight is 490 g/mol. The van der Waals surface area contributed by atoms with E-state index >= 15 is 0 Å². The Hall–Kier alpha value is -1.21. The van der Waals surface area contributed by atoms with Crippen LogP contribution < -0.4 is 0 Å². The van der Waals surface area contributed by atoms with E-state index in [-0.39, 0.29) is 0 Å². The Labute approximate surface area is 155 Å². The second kappa shape index (κ2) is 9.11. The van der Waals surface area contributed by atoms with Gasteiger partial charge in [-0.1, -0.05) is 0 Å². The number of ether oxygens (including phenoxy) is 3. The van der Waals surface area contributed by atoms with E-state index in [1.165, 1.54) is 0 Å². The van der Waals surface area contributed by atoms with E-state index in [0.29, 0.717) is 0 Å². The van der Waals surface area contributed by atoms with Gasteiger partial charge in [-0.2, -0.15) is 61.5 Å². The first kappa shape index (κ1) is 28.8. The molecule has 0 heterocycles. The van der Waals surface area contributed by atoms with Crippen LogP contribution in [-0.4, -0.2) is 73.8 Å². The summed E-state index contributed by atoms with van der Waals surface area (Å²) in [7, 11) is 0. The van der Waals surface area contributed by atoms with Crippen LogP contribution >= 0.6 is 0 Å². The minimum Gasteiger partial charge on any atom is -0.388 e. The molecule has 0 aromatic carbocycles. The Morgan fingerprint density at radius 1 is 0.700 bits per heavy atom. The van der Waals surface area contributed by atoms with Gasteiger partial charge in [-0.25, -0.2) is 4.39 Å². The fourth-order valence-electron chi connectivity index (χ4n) is 1.16. The maximum atomic E-state index is 13.1. The minimum absolute atomic E-state index is 1.58. The van der Waals surface area contributed by atoms with E-state index in [2.05, 4.69) is 14.2 Å². The van der Waals surface area contributed by atoms with Gasteiger partial charge in [0, 0.05) is 0 Å². The van der Waals surface area contributed by atoms with Crippen LogP contribution in [0.2, 0.25) is 0 Å². The highest BCUT2D eigenvalue weighted by Crippen LogP contribution is 2.48. The number of hydrogen-bond donors (Lipinski definition) is 1. The third-order valence-electron chi connectivity index (χ3n) is 2.71. The van der Waals surface area contributed by atoms with E-state index in [4.69, 9.17) is 5.11 Å². The van der Waals surface area contributed by atoms with Gasteiger partial charge in [0.05, 0.1) is 13.2 Å². The largest absolute Gasteiger partial charge is 0.462 e. The average Bonchev–Trinajstić information content (AvgIpc) is 2.50. The Morgan fingerprint density at radius 2 is 1.17 bits per heavy atom. The Morgan fingerprint density at radius 3 is 1.57 bits per heavy atom. The van der Waals surface area contributed by atoms with Gasteiger partial charge in [-0.3, -0.25) is 4.74 Å². The first-order valence-corrected chi connectivity index (χ1v) is 6.84. The molecule has 0 saturated carbocycles. The molecule has 0 fully saturated rings. The lowest BCUT2D eigenvalue weighted by Gasteiger charge is -2.30. The van der Waals surface area contributed by atoms with Crippen LogP contribution in [0.3, 0.4) is 0 Å². The molecule has 0 radical (unpaired) electrons. The van der Waals surface area contributed by atoms with Gasteiger partial charge in [-0.15, -0.1) is 0 Å². The molecular weight excluding hydrogens is 481 g/mol. The standard InChI is InChI=1S/C11H9F15O4/c12-5(30-11(25,26)8(17,18)10(22,23)24)7(15,16)29-2-4(27)1-28-3-6(13,14)9(19,20)21/h4-5,27H,1-3H2. The lowest BCUT2D eigenvalue weighted by atomic mass is 10.3. The summed E-state index contributed by atoms with van der Waals surface area (Å²) in [4.78, 5) is 0. The topological polar surface area (TPSA) is 47.9 Å². The molecule has 19 heteroatoms. The van der Waals surface area contributed by atoms with Crippen molar-refractivity contribution in [3.8, 4) is 0 Å². The van der Waals surface area contributed by atoms with Crippen molar-refractivity contribution in [3.63, 3.8) is 0 Å². The van der Waals surface area contributed by atoms with Crippen LogP contribution in [-0.2, 0) is 14.2 Å². The molecule has 0 rings (SSSR count). The molecule has 0 spiro atoms. The van der Waals surface area contributed by atoms with Crippen LogP contribution in [0.5, 0.6) is 0 Å². The van der Waals surface area contributed by atoms with E-state index in [0.717, 1.165) is 0 Å². The van der Waals surface area contributed by atoms with E-state index in [1.807, 2.05) is 0 Å². The van der Waals surface area contributed by atoms with Gasteiger partial charge in [0.15, 0.2) is 0 Å². The zero-order chi connectivity index (χ0) is 24.4. The molecule has 0 aromatic heterocycles. The highest BCUT2D eigenvalue weighted by Gasteiger charge is 2.76. The predicted octanol–water partition coefficient (Wildman–Crippen LogP) is 4.27. The van der Waals surface area contributed by atoms with E-state index in [1.54, 1.807) is 0 Å². The molecule has 4 nitrogen and oxygen atoms in total. The number of hydrogen-bond acceptors (Lipinski definition) is 4. The zero-order valence-corrected chi connectivity index (χ0v) is 13.6. The van der Waals surface area contributed by atoms with E-state index in [9.17, 15) is 65.9 Å². The molecule has 0 aromatic rings. The van der Waals surface area contributed by atoms with Crippen LogP contribution in [0.25, 0.3) is 0 Å². The summed E-state index contributed by atoms with van der Waals surface area (Å²) in [5.41, 5.74) is 0. The van der Waals surface area contributed by atoms with Gasteiger partial charge in [0.2, 0.25) is 0 Å². The van der Waals surface area contributed by atoms with Crippen molar-refractivity contribution in [2.75, 3.05) is 19.8 Å². The number of aliphatic hydroxyl groups is 1. The normalized spacial score (nSPS) is 17.2. The van der Waals surface area contributed by atoms with E-state index < -0.39 is 68.7 Å². The summed E-state index contributed by atoms with van der Waals surface area (Å²) in [5.74, 6) is -12.5. The number of halogens is 15. The molecule has 1 N–H and O–H groups in total. The summed E-state index contributed by atoms with van der Waals surface area (Å²) < 4.78 is 194. The maximum absolute atomic E-state index is 13.1. The monoisotopic (exact) mass is 490 g/mol. The fourth-order valence-corrected chi connectivity index (χ4v) is 1.16. The van der Waals surface area contributed by atoms with Gasteiger partial charge in [0.1, 0.15) is 12.7 Å². The highest BCUT2D eigenvalue weighted by atomic mass is 19.4. The summed E-state index contributed by atoms with van der Waals surface area (Å²) >= 11 is 0. The zero-order valence-electron chi connectivity index (χ0n) is 13.6. The maximum Gasteiger partial charge on any atom is 0.462 e. The predicted molar refractivity (Wildman–Crippen MR) is 60.7 cm³/mol. The number of aliphatic hydroxyl groups excluding tert-OH is 1. The second-order valence-corrected chi connectivity index (χ2v) is 5.27. The lowest BCUT2D eigenvalue weighted by Crippen LogP contribution is -2.56. The molecule has 182 valence electrons. The van der Waals surface area contributed by atoms with Gasteiger partial charge in [0.25, 0.3) is 6.36 Å². The van der Waals surface area contributed by atoms with Crippen LogP contribution in [0.15, 0.2) is 0 Å². The first-order chi connectivity index (χ1) is 13.0. The van der Waals surface area contributed by atoms with Crippen LogP contribution in [0.4, 0.5) is 65.9 Å². The lowest BCUT2D eigenvalue weighted by molar-refractivity contribution is -0.465. The molecule has 0 aliphatic heterocycles. The number of alkyl halides is 15. The molecule has 2 atom stereocenters. The fraction of sp³-hybridized carbons (Fsp3) is 1.00. The highest BCUT2D eigenvalue weighted by molar-refractivity contribution is 4.85. The minimum atomic E-state index is -7.11. The Balaban J connectivity index is 4.78. The molecular formula is C11H9F15O4. The molecule has 0 aliphatic carbocycles. The van der Waals surface area contributed by atoms with Crippen molar-refractivity contribution in [1.82, 2.24) is 0 Å². The summed E-state index contributed by atoms with van der Waals surface area (Å²) in [6.07, 6.45) is -33.2. The molecule has 0 bridgehead atoms. The van der Waals surface area contributed by atoms with Crippen LogP contribution in [0, 0.1) is 0 Å². The van der Waals surface area contributed by atoms with Crippen molar-refractivity contribution < 1.29 is 85.2 Å². The molecule has 0 amide bonds. The molecule has 30 heavy (non-hydrogen) atoms. The number of rotatable bonds is 11. The molecule has 2 unspecified atom stereocenters. The third-order valence-corrected chi connectivity index (χ3v) is 2.71. The van der Waals surface area contributed by atoms with Crippen molar-refractivity contribution in [2.45, 2.75) is 48.9 Å². The molecule has 0 saturated heterocycles. The third kappa shape index (κ3) is 7.19. The second-order valence-electron chi connectivity index (χ2n) is 5.27. The Bertz CT molecular complexity index is 544. The summed E-state index contributed by atoms with van der Waals surface area (Å²) in [6, 6.07) is 0. The SMILES string of the molecule is OC(COCC(F)(F)C(F)(F)F)COC(F)(F)C(F)OC(F)(F)C(F)(F)C(F)(F)F. The summed E-state index contributed by atoms with van der Waals surface area (Å²) in [6.45, 7) is -5.94. The summed E-state index contributed by atoms with van der Waals surface area (Å²) in [5, 5.41) is 8.97. The van der Waals surface area contributed by atoms with Crippen molar-refractivity contribution >= 4 is 0 Å². The quantitative estimate of drug-likeness (QED) is 0.440. The first-order valence-electron chi connectivity index (χ1n) is 6.84. The van der Waals surface area contributed by atoms with Crippen molar-refractivity contribution in [2.24, 2.45) is 0 Å². The van der Waals surface area contributed by atoms with Gasteiger partial charge < -0.3 is 14.6 Å².